The fraction of sp³-hybridized carbons (Fsp3) is 0.471. The summed E-state index contributed by atoms with van der Waals surface area (Å²) in [4.78, 5) is 53.6. The van der Waals surface area contributed by atoms with Gasteiger partial charge in [-0.15, -0.1) is 0 Å². The number of unbranched alkanes of at least 4 members (excludes halogenated alkanes) is 2. The van der Waals surface area contributed by atoms with E-state index in [4.69, 9.17) is 15.2 Å². The van der Waals surface area contributed by atoms with Gasteiger partial charge in [0.05, 0.1) is 42.7 Å². The van der Waals surface area contributed by atoms with E-state index in [0.717, 1.165) is 36.1 Å². The van der Waals surface area contributed by atoms with Gasteiger partial charge in [-0.25, -0.2) is 14.8 Å². The second kappa shape index (κ2) is 16.7. The molecule has 1 saturated heterocycles. The van der Waals surface area contributed by atoms with Crippen molar-refractivity contribution in [2.45, 2.75) is 71.4 Å². The number of nitrogens with two attached hydrogens (primary N) is 1. The lowest BCUT2D eigenvalue weighted by Gasteiger charge is -2.30. The highest BCUT2D eigenvalue weighted by Crippen LogP contribution is 2.27. The van der Waals surface area contributed by atoms with Crippen molar-refractivity contribution in [3.8, 4) is 11.3 Å². The Morgan fingerprint density at radius 2 is 1.81 bits per heavy atom. The van der Waals surface area contributed by atoms with Gasteiger partial charge in [-0.1, -0.05) is 50.5 Å². The van der Waals surface area contributed by atoms with Crippen LogP contribution in [0.5, 0.6) is 0 Å². The summed E-state index contributed by atoms with van der Waals surface area (Å²) in [5.41, 5.74) is 9.07. The number of benzene rings is 1. The molecule has 3 aromatic rings. The summed E-state index contributed by atoms with van der Waals surface area (Å²) < 4.78 is 10.8. The van der Waals surface area contributed by atoms with Gasteiger partial charge in [-0.05, 0) is 45.2 Å². The van der Waals surface area contributed by atoms with Gasteiger partial charge in [0.2, 0.25) is 5.91 Å². The summed E-state index contributed by atoms with van der Waals surface area (Å²) >= 11 is 0. The molecule has 0 aliphatic carbocycles. The molecule has 252 valence electrons. The number of hydrogen-bond acceptors (Lipinski definition) is 10. The number of hydrogen-bond donors (Lipinski definition) is 4. The lowest BCUT2D eigenvalue weighted by Crippen LogP contribution is -2.48. The third-order valence-corrected chi connectivity index (χ3v) is 7.48. The molecule has 47 heavy (non-hydrogen) atoms. The lowest BCUT2D eigenvalue weighted by molar-refractivity contribution is -0.123. The van der Waals surface area contributed by atoms with Gasteiger partial charge in [0.25, 0.3) is 5.91 Å². The predicted octanol–water partition coefficient (Wildman–Crippen LogP) is 4.34. The number of amides is 3. The van der Waals surface area contributed by atoms with Crippen molar-refractivity contribution in [2.75, 3.05) is 48.8 Å². The van der Waals surface area contributed by atoms with Crippen molar-refractivity contribution in [3.63, 3.8) is 0 Å². The highest BCUT2D eigenvalue weighted by molar-refractivity contribution is 6.07. The molecular weight excluding hydrogens is 600 g/mol. The minimum atomic E-state index is -0.668. The number of pyridine rings is 1. The number of carbonyl (C=O) groups excluding carboxylic acids is 3. The molecule has 3 amide bonds. The molecule has 2 aromatic heterocycles. The van der Waals surface area contributed by atoms with E-state index in [1.165, 1.54) is 6.20 Å². The molecule has 0 bridgehead atoms. The highest BCUT2D eigenvalue weighted by atomic mass is 16.6. The normalized spacial score (nSPS) is 13.8. The fourth-order valence-electron chi connectivity index (χ4n) is 5.06. The van der Waals surface area contributed by atoms with Gasteiger partial charge in [-0.2, -0.15) is 0 Å². The summed E-state index contributed by atoms with van der Waals surface area (Å²) in [6.45, 7) is 10.5. The topological polar surface area (TPSA) is 174 Å². The second-order valence-corrected chi connectivity index (χ2v) is 12.4. The largest absolute Gasteiger partial charge is 0.444 e. The maximum absolute atomic E-state index is 13.3. The van der Waals surface area contributed by atoms with Crippen molar-refractivity contribution in [1.29, 1.82) is 0 Å². The number of ether oxygens (including phenoxy) is 2. The smallest absolute Gasteiger partial charge is 0.408 e. The Bertz CT molecular complexity index is 1500. The zero-order valence-corrected chi connectivity index (χ0v) is 27.7. The first-order valence-corrected chi connectivity index (χ1v) is 16.1. The number of nitrogens with zero attached hydrogens (tertiary/aromatic N) is 4. The van der Waals surface area contributed by atoms with Gasteiger partial charge >= 0.3 is 6.09 Å². The molecule has 0 saturated carbocycles. The molecule has 0 radical (unpaired) electrons. The molecule has 0 spiro atoms. The predicted molar refractivity (Wildman–Crippen MR) is 181 cm³/mol. The lowest BCUT2D eigenvalue weighted by atomic mass is 10.1. The number of carbonyl (C=O) groups is 3. The van der Waals surface area contributed by atoms with E-state index in [-0.39, 0.29) is 17.4 Å². The van der Waals surface area contributed by atoms with Gasteiger partial charge in [0, 0.05) is 31.4 Å². The third-order valence-electron chi connectivity index (χ3n) is 7.48. The highest BCUT2D eigenvalue weighted by Gasteiger charge is 2.24. The molecule has 13 heteroatoms. The van der Waals surface area contributed by atoms with Crippen LogP contribution in [0, 0.1) is 0 Å². The maximum atomic E-state index is 13.3. The quantitative estimate of drug-likeness (QED) is 0.196. The minimum Gasteiger partial charge on any atom is -0.444 e. The molecule has 1 aliphatic heterocycles. The number of nitrogen functional groups attached to an aromatic ring is 1. The SMILES string of the molecule is CCCCCC(NC(=O)OC(C)(C)C)C(=O)NCCc1ccc(-c2cnc(N)c(C(=O)Nc3cnccc3N3CCOCC3)n2)cc1. The Labute approximate surface area is 276 Å². The average Bonchev–Trinajstić information content (AvgIpc) is 3.04. The number of anilines is 3. The van der Waals surface area contributed by atoms with Gasteiger partial charge in [0.15, 0.2) is 11.5 Å². The van der Waals surface area contributed by atoms with Gasteiger partial charge < -0.3 is 36.1 Å². The number of nitrogens with one attached hydrogen (secondary N) is 3. The van der Waals surface area contributed by atoms with Crippen LogP contribution < -0.4 is 26.6 Å². The fourth-order valence-corrected chi connectivity index (χ4v) is 5.06. The van der Waals surface area contributed by atoms with Gasteiger partial charge in [-0.3, -0.25) is 14.6 Å². The van der Waals surface area contributed by atoms with E-state index >= 15 is 0 Å². The first-order chi connectivity index (χ1) is 22.5. The third kappa shape index (κ3) is 10.6. The van der Waals surface area contributed by atoms with E-state index in [1.807, 2.05) is 30.3 Å². The van der Waals surface area contributed by atoms with E-state index < -0.39 is 23.6 Å². The first-order valence-electron chi connectivity index (χ1n) is 16.1. The Morgan fingerprint density at radius 1 is 1.06 bits per heavy atom. The van der Waals surface area contributed by atoms with Crippen LogP contribution in [0.15, 0.2) is 48.9 Å². The molecule has 4 rings (SSSR count). The van der Waals surface area contributed by atoms with Crippen molar-refractivity contribution in [3.05, 3.63) is 60.2 Å². The second-order valence-electron chi connectivity index (χ2n) is 12.4. The van der Waals surface area contributed by atoms with Crippen LogP contribution in [0.1, 0.15) is 69.4 Å². The molecule has 1 aromatic carbocycles. The Balaban J connectivity index is 1.36. The average molecular weight is 647 g/mol. The van der Waals surface area contributed by atoms with Crippen LogP contribution >= 0.6 is 0 Å². The van der Waals surface area contributed by atoms with Crippen molar-refractivity contribution < 1.29 is 23.9 Å². The number of aromatic nitrogens is 3. The summed E-state index contributed by atoms with van der Waals surface area (Å²) in [7, 11) is 0. The van der Waals surface area contributed by atoms with E-state index in [0.29, 0.717) is 57.1 Å². The number of morpholine rings is 1. The van der Waals surface area contributed by atoms with E-state index in [1.54, 1.807) is 33.2 Å². The Morgan fingerprint density at radius 3 is 2.51 bits per heavy atom. The van der Waals surface area contributed by atoms with Crippen molar-refractivity contribution in [2.24, 2.45) is 0 Å². The molecular formula is C34H46N8O5. The number of alkyl carbamates (subject to hydrolysis) is 1. The molecule has 13 nitrogen and oxygen atoms in total. The van der Waals surface area contributed by atoms with Crippen LogP contribution in [0.2, 0.25) is 0 Å². The van der Waals surface area contributed by atoms with Crippen LogP contribution in [-0.4, -0.2) is 77.4 Å². The van der Waals surface area contributed by atoms with Crippen LogP contribution in [0.25, 0.3) is 11.3 Å². The standard InChI is InChI=1S/C34H46N8O5/c1-5-6-7-8-25(41-33(45)47-34(2,3)4)31(43)37-16-13-23-9-11-24(12-10-23)26-22-38-30(35)29(39-26)32(44)40-27-21-36-15-14-28(27)42-17-19-46-20-18-42/h9-12,14-15,21-22,25H,5-8,13,16-20H2,1-4H3,(H2,35,38)(H,37,43)(H,40,44)(H,41,45). The molecule has 5 N–H and O–H groups in total. The summed E-state index contributed by atoms with van der Waals surface area (Å²) in [5.74, 6) is -0.708. The zero-order chi connectivity index (χ0) is 33.8. The summed E-state index contributed by atoms with van der Waals surface area (Å²) in [5, 5.41) is 8.56. The first kappa shape index (κ1) is 35.1. The van der Waals surface area contributed by atoms with Crippen LogP contribution in [0.4, 0.5) is 22.0 Å². The molecule has 1 unspecified atom stereocenters. The van der Waals surface area contributed by atoms with Crippen LogP contribution in [-0.2, 0) is 20.7 Å². The van der Waals surface area contributed by atoms with Crippen molar-refractivity contribution in [1.82, 2.24) is 25.6 Å². The monoisotopic (exact) mass is 646 g/mol. The van der Waals surface area contributed by atoms with E-state index in [2.05, 4.69) is 42.7 Å². The Kier molecular flexibility index (Phi) is 12.5. The van der Waals surface area contributed by atoms with E-state index in [9.17, 15) is 14.4 Å². The van der Waals surface area contributed by atoms with Gasteiger partial charge in [0.1, 0.15) is 11.6 Å². The Hall–Kier alpha value is -4.78. The number of rotatable bonds is 13. The minimum absolute atomic E-state index is 0.0135. The summed E-state index contributed by atoms with van der Waals surface area (Å²) in [6.07, 6.45) is 8.12. The summed E-state index contributed by atoms with van der Waals surface area (Å²) in [6, 6.07) is 8.82. The maximum Gasteiger partial charge on any atom is 0.408 e. The van der Waals surface area contributed by atoms with Crippen molar-refractivity contribution >= 4 is 35.1 Å². The molecule has 1 aliphatic rings. The molecule has 1 atom stereocenters. The molecule has 1 fully saturated rings. The van der Waals surface area contributed by atoms with Crippen LogP contribution in [0.3, 0.4) is 0 Å². The molecule has 3 heterocycles. The zero-order valence-electron chi connectivity index (χ0n) is 27.7.